The number of aryl methyl sites for hydroxylation is 1. The van der Waals surface area contributed by atoms with Gasteiger partial charge in [0.15, 0.2) is 0 Å². The number of piperidine rings is 1. The highest BCUT2D eigenvalue weighted by Crippen LogP contribution is 2.38. The minimum absolute atomic E-state index is 0.148. The third-order valence-corrected chi connectivity index (χ3v) is 5.18. The molecular weight excluding hydrogens is 316 g/mol. The van der Waals surface area contributed by atoms with Gasteiger partial charge in [-0.1, -0.05) is 0 Å². The summed E-state index contributed by atoms with van der Waals surface area (Å²) in [6, 6.07) is 1.06. The van der Waals surface area contributed by atoms with E-state index in [1.165, 1.54) is 0 Å². The molecular formula is C19H30N4O2. The van der Waals surface area contributed by atoms with Gasteiger partial charge in [-0.3, -0.25) is 14.9 Å². The van der Waals surface area contributed by atoms with Crippen molar-refractivity contribution < 1.29 is 9.53 Å². The molecule has 1 aromatic heterocycles. The van der Waals surface area contributed by atoms with Gasteiger partial charge in [-0.2, -0.15) is 0 Å². The Morgan fingerprint density at radius 2 is 1.88 bits per heavy atom. The third-order valence-electron chi connectivity index (χ3n) is 5.18. The van der Waals surface area contributed by atoms with Gasteiger partial charge in [0, 0.05) is 37.1 Å². The van der Waals surface area contributed by atoms with Crippen LogP contribution >= 0.6 is 0 Å². The molecule has 0 N–H and O–H groups in total. The lowest BCUT2D eigenvalue weighted by molar-refractivity contribution is -0.00286. The first-order chi connectivity index (χ1) is 11.7. The predicted molar refractivity (Wildman–Crippen MR) is 96.1 cm³/mol. The van der Waals surface area contributed by atoms with Crippen LogP contribution in [0.25, 0.3) is 0 Å². The summed E-state index contributed by atoms with van der Waals surface area (Å²) in [4.78, 5) is 25.7. The van der Waals surface area contributed by atoms with Gasteiger partial charge in [-0.15, -0.1) is 0 Å². The van der Waals surface area contributed by atoms with Crippen LogP contribution in [0.5, 0.6) is 0 Å². The first kappa shape index (κ1) is 18.1. The van der Waals surface area contributed by atoms with Crippen molar-refractivity contribution in [3.63, 3.8) is 0 Å². The molecule has 0 aliphatic carbocycles. The molecule has 0 spiro atoms. The summed E-state index contributed by atoms with van der Waals surface area (Å²) in [6.07, 6.45) is 7.70. The molecule has 6 heteroatoms. The van der Waals surface area contributed by atoms with Gasteiger partial charge in [-0.25, -0.2) is 4.79 Å². The van der Waals surface area contributed by atoms with Crippen LogP contribution in [0.1, 0.15) is 57.8 Å². The van der Waals surface area contributed by atoms with Crippen molar-refractivity contribution in [1.29, 1.82) is 0 Å². The lowest BCUT2D eigenvalue weighted by Crippen LogP contribution is -2.52. The second-order valence-electron chi connectivity index (χ2n) is 8.46. The van der Waals surface area contributed by atoms with Crippen molar-refractivity contribution in [3.05, 3.63) is 23.8 Å². The summed E-state index contributed by atoms with van der Waals surface area (Å²) in [5.74, 6) is 0. The van der Waals surface area contributed by atoms with Crippen molar-refractivity contribution in [2.24, 2.45) is 0 Å². The van der Waals surface area contributed by atoms with Gasteiger partial charge in [0.2, 0.25) is 0 Å². The van der Waals surface area contributed by atoms with Gasteiger partial charge in [0.1, 0.15) is 5.60 Å². The number of ether oxygens (including phenoxy) is 1. The Bertz CT molecular complexity index is 597. The number of hydrogen-bond donors (Lipinski definition) is 0. The molecule has 1 amide bonds. The highest BCUT2D eigenvalue weighted by Gasteiger charge is 2.45. The molecule has 2 saturated heterocycles. The van der Waals surface area contributed by atoms with Gasteiger partial charge >= 0.3 is 6.09 Å². The minimum atomic E-state index is -0.436. The summed E-state index contributed by atoms with van der Waals surface area (Å²) < 4.78 is 5.62. The molecule has 2 fully saturated rings. The van der Waals surface area contributed by atoms with Gasteiger partial charge in [0.25, 0.3) is 0 Å². The average Bonchev–Trinajstić information content (AvgIpc) is 2.78. The Morgan fingerprint density at radius 1 is 1.24 bits per heavy atom. The first-order valence-corrected chi connectivity index (χ1v) is 9.22. The van der Waals surface area contributed by atoms with Gasteiger partial charge in [0.05, 0.1) is 11.4 Å². The molecule has 3 heterocycles. The Labute approximate surface area is 150 Å². The number of fused-ring (bicyclic) bond motifs is 2. The molecule has 3 rings (SSSR count). The predicted octanol–water partition coefficient (Wildman–Crippen LogP) is 3.15. The number of aromatic nitrogens is 2. The molecule has 2 bridgehead atoms. The molecule has 1 aromatic rings. The number of hydrogen-bond acceptors (Lipinski definition) is 5. The Hall–Kier alpha value is -1.69. The van der Waals surface area contributed by atoms with E-state index in [0.29, 0.717) is 18.1 Å². The monoisotopic (exact) mass is 346 g/mol. The van der Waals surface area contributed by atoms with Crippen molar-refractivity contribution >= 4 is 6.09 Å². The molecule has 2 aliphatic rings. The molecule has 1 unspecified atom stereocenters. The fourth-order valence-electron chi connectivity index (χ4n) is 4.01. The molecule has 2 aliphatic heterocycles. The number of nitrogens with zero attached hydrogens (tertiary/aromatic N) is 4. The van der Waals surface area contributed by atoms with Crippen molar-refractivity contribution in [3.8, 4) is 0 Å². The zero-order valence-corrected chi connectivity index (χ0v) is 16.0. The van der Waals surface area contributed by atoms with E-state index in [4.69, 9.17) is 4.74 Å². The van der Waals surface area contributed by atoms with E-state index >= 15 is 0 Å². The van der Waals surface area contributed by atoms with Crippen LogP contribution in [-0.2, 0) is 11.3 Å². The van der Waals surface area contributed by atoms with Crippen molar-refractivity contribution in [2.45, 2.75) is 83.6 Å². The highest BCUT2D eigenvalue weighted by molar-refractivity contribution is 5.69. The van der Waals surface area contributed by atoms with Gasteiger partial charge < -0.3 is 9.64 Å². The molecule has 25 heavy (non-hydrogen) atoms. The molecule has 138 valence electrons. The zero-order valence-electron chi connectivity index (χ0n) is 16.0. The maximum atomic E-state index is 12.5. The molecule has 0 aromatic carbocycles. The Balaban J connectivity index is 1.61. The smallest absolute Gasteiger partial charge is 0.410 e. The summed E-state index contributed by atoms with van der Waals surface area (Å²) in [6.45, 7) is 8.52. The average molecular weight is 346 g/mol. The summed E-state index contributed by atoms with van der Waals surface area (Å²) in [7, 11) is 2.15. The number of rotatable bonds is 3. The SMILES string of the molecule is Cc1cnc(CN(C)C2C[C@H]3CC[C@@H](C2)N3C(=O)OC(C)(C)C)cn1. The van der Waals surface area contributed by atoms with E-state index in [0.717, 1.165) is 43.6 Å². The zero-order chi connectivity index (χ0) is 18.2. The largest absolute Gasteiger partial charge is 0.444 e. The van der Waals surface area contributed by atoms with Crippen LogP contribution in [0.3, 0.4) is 0 Å². The van der Waals surface area contributed by atoms with Crippen LogP contribution in [0.15, 0.2) is 12.4 Å². The normalized spacial score (nSPS) is 26.2. The summed E-state index contributed by atoms with van der Waals surface area (Å²) in [5, 5.41) is 0. The van der Waals surface area contributed by atoms with E-state index in [-0.39, 0.29) is 6.09 Å². The summed E-state index contributed by atoms with van der Waals surface area (Å²) >= 11 is 0. The number of amides is 1. The highest BCUT2D eigenvalue weighted by atomic mass is 16.6. The Kier molecular flexibility index (Phi) is 5.00. The molecule has 6 nitrogen and oxygen atoms in total. The molecule has 0 saturated carbocycles. The van der Waals surface area contributed by atoms with Crippen LogP contribution < -0.4 is 0 Å². The number of carbonyl (C=O) groups excluding carboxylic acids is 1. The van der Waals surface area contributed by atoms with E-state index in [1.54, 1.807) is 0 Å². The van der Waals surface area contributed by atoms with E-state index in [1.807, 2.05) is 45.0 Å². The maximum Gasteiger partial charge on any atom is 0.410 e. The van der Waals surface area contributed by atoms with Crippen LogP contribution in [0, 0.1) is 6.92 Å². The minimum Gasteiger partial charge on any atom is -0.444 e. The van der Waals surface area contributed by atoms with Gasteiger partial charge in [-0.05, 0) is 60.4 Å². The summed E-state index contributed by atoms with van der Waals surface area (Å²) in [5.41, 5.74) is 1.50. The fraction of sp³-hybridized carbons (Fsp3) is 0.737. The van der Waals surface area contributed by atoms with Crippen LogP contribution in [0.2, 0.25) is 0 Å². The van der Waals surface area contributed by atoms with E-state index in [2.05, 4.69) is 21.9 Å². The Morgan fingerprint density at radius 3 is 2.40 bits per heavy atom. The third kappa shape index (κ3) is 4.29. The molecule has 3 atom stereocenters. The van der Waals surface area contributed by atoms with Crippen molar-refractivity contribution in [2.75, 3.05) is 7.05 Å². The lowest BCUT2D eigenvalue weighted by atomic mass is 9.96. The second-order valence-corrected chi connectivity index (χ2v) is 8.46. The maximum absolute atomic E-state index is 12.5. The van der Waals surface area contributed by atoms with E-state index < -0.39 is 5.60 Å². The second kappa shape index (κ2) is 6.90. The van der Waals surface area contributed by atoms with Crippen LogP contribution in [0.4, 0.5) is 4.79 Å². The quantitative estimate of drug-likeness (QED) is 0.841. The fourth-order valence-corrected chi connectivity index (χ4v) is 4.01. The van der Waals surface area contributed by atoms with Crippen LogP contribution in [-0.4, -0.2) is 56.6 Å². The lowest BCUT2D eigenvalue weighted by Gasteiger charge is -2.42. The van der Waals surface area contributed by atoms with Crippen molar-refractivity contribution in [1.82, 2.24) is 19.8 Å². The van der Waals surface area contributed by atoms with E-state index in [9.17, 15) is 4.79 Å². The molecule has 0 radical (unpaired) electrons. The number of carbonyl (C=O) groups is 1. The first-order valence-electron chi connectivity index (χ1n) is 9.22. The standard InChI is InChI=1S/C19H30N4O2/c1-13-10-21-14(11-20-13)12-22(5)17-8-15-6-7-16(9-17)23(15)18(24)25-19(2,3)4/h10-11,15-17H,6-9,12H2,1-5H3/t15-,16+,17?. The topological polar surface area (TPSA) is 58.6 Å².